The molecule has 2 atom stereocenters. The van der Waals surface area contributed by atoms with Gasteiger partial charge in [-0.3, -0.25) is 9.59 Å². The predicted octanol–water partition coefficient (Wildman–Crippen LogP) is 9.85. The minimum atomic E-state index is -0.887. The van der Waals surface area contributed by atoms with Gasteiger partial charge in [0.1, 0.15) is 6.61 Å². The van der Waals surface area contributed by atoms with Crippen molar-refractivity contribution < 1.29 is 38.2 Å². The van der Waals surface area contributed by atoms with Gasteiger partial charge in [0.25, 0.3) is 0 Å². The van der Waals surface area contributed by atoms with Crippen LogP contribution in [0.3, 0.4) is 0 Å². The molecule has 0 aromatic heterocycles. The van der Waals surface area contributed by atoms with Crippen molar-refractivity contribution in [2.45, 2.75) is 148 Å². The number of carboxylic acid groups (broad SMARTS) is 1. The van der Waals surface area contributed by atoms with E-state index in [0.29, 0.717) is 19.3 Å². The van der Waals surface area contributed by atoms with Gasteiger partial charge in [-0.1, -0.05) is 107 Å². The van der Waals surface area contributed by atoms with E-state index < -0.39 is 18.1 Å². The third-order valence-corrected chi connectivity index (χ3v) is 8.15. The zero-order valence-corrected chi connectivity index (χ0v) is 32.3. The molecule has 0 aliphatic carbocycles. The Labute approximate surface area is 305 Å². The molecule has 50 heavy (non-hydrogen) atoms. The maximum atomic E-state index is 12.6. The van der Waals surface area contributed by atoms with Crippen molar-refractivity contribution in [3.8, 4) is 0 Å². The number of carboxylic acids is 1. The summed E-state index contributed by atoms with van der Waals surface area (Å²) in [7, 11) is 5.49. The summed E-state index contributed by atoms with van der Waals surface area (Å²) in [6, 6.07) is -0.624. The monoisotopic (exact) mass is 703 g/mol. The number of unbranched alkanes of at least 4 members (excludes halogenated alkanes) is 9. The van der Waals surface area contributed by atoms with Gasteiger partial charge in [-0.2, -0.15) is 0 Å². The van der Waals surface area contributed by atoms with Gasteiger partial charge in [0.05, 0.1) is 34.4 Å². The van der Waals surface area contributed by atoms with Crippen molar-refractivity contribution in [3.05, 3.63) is 60.8 Å². The van der Waals surface area contributed by atoms with Crippen LogP contribution >= 0.6 is 0 Å². The number of esters is 2. The minimum Gasteiger partial charge on any atom is -0.477 e. The Bertz CT molecular complexity index is 1010. The number of carbonyl (C=O) groups excluding carboxylic acids is 2. The van der Waals surface area contributed by atoms with Crippen LogP contribution in [0.4, 0.5) is 0 Å². The van der Waals surface area contributed by atoms with Crippen LogP contribution in [0.25, 0.3) is 0 Å². The van der Waals surface area contributed by atoms with Gasteiger partial charge in [-0.15, -0.1) is 0 Å². The van der Waals surface area contributed by atoms with Gasteiger partial charge in [0.2, 0.25) is 0 Å². The number of ether oxygens (including phenoxy) is 3. The largest absolute Gasteiger partial charge is 0.477 e. The molecule has 0 radical (unpaired) electrons. The van der Waals surface area contributed by atoms with E-state index in [2.05, 4.69) is 74.6 Å². The molecule has 0 aliphatic rings. The van der Waals surface area contributed by atoms with E-state index in [1.165, 1.54) is 25.7 Å². The van der Waals surface area contributed by atoms with E-state index >= 15 is 0 Å². The van der Waals surface area contributed by atoms with E-state index in [0.717, 1.165) is 70.6 Å². The highest BCUT2D eigenvalue weighted by molar-refractivity contribution is 5.72. The summed E-state index contributed by atoms with van der Waals surface area (Å²) in [6.45, 7) is 4.50. The van der Waals surface area contributed by atoms with Crippen LogP contribution in [0.2, 0.25) is 0 Å². The number of quaternary nitrogens is 1. The summed E-state index contributed by atoms with van der Waals surface area (Å²) in [6.07, 6.45) is 38.4. The van der Waals surface area contributed by atoms with Crippen LogP contribution in [0.15, 0.2) is 60.8 Å². The summed E-state index contributed by atoms with van der Waals surface area (Å²) >= 11 is 0. The topological polar surface area (TPSA) is 99.1 Å². The molecule has 8 nitrogen and oxygen atoms in total. The van der Waals surface area contributed by atoms with Gasteiger partial charge in [-0.05, 0) is 70.6 Å². The van der Waals surface area contributed by atoms with E-state index in [4.69, 9.17) is 14.2 Å². The molecule has 0 bridgehead atoms. The maximum Gasteiger partial charge on any atom is 0.362 e. The fourth-order valence-corrected chi connectivity index (χ4v) is 5.12. The molecular formula is C42H72NO7+. The average molecular weight is 703 g/mol. The predicted molar refractivity (Wildman–Crippen MR) is 206 cm³/mol. The molecule has 0 saturated carbocycles. The van der Waals surface area contributed by atoms with Gasteiger partial charge >= 0.3 is 17.9 Å². The Morgan fingerprint density at radius 3 is 1.72 bits per heavy atom. The van der Waals surface area contributed by atoms with Crippen LogP contribution in [0.5, 0.6) is 0 Å². The third kappa shape index (κ3) is 31.0. The lowest BCUT2D eigenvalue weighted by Crippen LogP contribution is -2.50. The lowest BCUT2D eigenvalue weighted by Gasteiger charge is -2.31. The summed E-state index contributed by atoms with van der Waals surface area (Å²) in [5.74, 6) is -1.55. The first-order chi connectivity index (χ1) is 24.1. The van der Waals surface area contributed by atoms with Crippen LogP contribution in [-0.4, -0.2) is 80.6 Å². The van der Waals surface area contributed by atoms with Crippen molar-refractivity contribution in [1.29, 1.82) is 0 Å². The molecule has 0 aliphatic heterocycles. The van der Waals surface area contributed by atoms with Crippen LogP contribution in [-0.2, 0) is 28.6 Å². The highest BCUT2D eigenvalue weighted by Crippen LogP contribution is 2.12. The maximum absolute atomic E-state index is 12.6. The number of rotatable bonds is 33. The Morgan fingerprint density at radius 2 is 1.12 bits per heavy atom. The summed E-state index contributed by atoms with van der Waals surface area (Å²) < 4.78 is 17.1. The van der Waals surface area contributed by atoms with E-state index in [1.807, 2.05) is 21.1 Å². The number of likely N-dealkylation sites (N-methyl/N-ethyl adjacent to an activating group) is 1. The standard InChI is InChI=1S/C42H71NO7/c1-6-8-10-12-14-16-18-19-20-21-23-25-27-29-31-33-41(45)50-38(36-48-35-34-39(42(46)47)43(3,4)5)37-49-40(44)32-30-28-26-24-22-17-15-13-11-9-7-2/h8,10,13-16,19-20,23,25,38-39H,6-7,9,11-12,17-18,21-22,24,26-37H2,1-5H3/p+1/b10-8-,15-13-,16-14-,20-19-,25-23-. The minimum absolute atomic E-state index is 0.0390. The van der Waals surface area contributed by atoms with Crippen molar-refractivity contribution in [2.75, 3.05) is 41.0 Å². The molecule has 8 heteroatoms. The zero-order valence-electron chi connectivity index (χ0n) is 32.3. The molecule has 2 unspecified atom stereocenters. The lowest BCUT2D eigenvalue weighted by molar-refractivity contribution is -0.887. The van der Waals surface area contributed by atoms with Crippen LogP contribution < -0.4 is 0 Å². The SMILES string of the molecule is CC/C=C\C/C=C\C/C=C\C/C=C\CCCCC(=O)OC(COCCC(C(=O)O)[N+](C)(C)C)COC(=O)CCCCCCC/C=C\CCCC. The smallest absolute Gasteiger partial charge is 0.362 e. The molecule has 0 aromatic carbocycles. The third-order valence-electron chi connectivity index (χ3n) is 8.15. The second kappa shape index (κ2) is 33.2. The Balaban J connectivity index is 4.52. The van der Waals surface area contributed by atoms with E-state index in [1.54, 1.807) is 0 Å². The molecule has 0 spiro atoms. The van der Waals surface area contributed by atoms with Crippen molar-refractivity contribution >= 4 is 17.9 Å². The van der Waals surface area contributed by atoms with Crippen molar-refractivity contribution in [1.82, 2.24) is 0 Å². The fourth-order valence-electron chi connectivity index (χ4n) is 5.12. The molecule has 0 aromatic rings. The molecule has 0 saturated heterocycles. The second-order valence-electron chi connectivity index (χ2n) is 13.8. The lowest BCUT2D eigenvalue weighted by atomic mass is 10.1. The van der Waals surface area contributed by atoms with Gasteiger partial charge < -0.3 is 23.8 Å². The van der Waals surface area contributed by atoms with E-state index in [9.17, 15) is 19.5 Å². The zero-order chi connectivity index (χ0) is 37.1. The number of allylic oxidation sites excluding steroid dienone is 10. The summed E-state index contributed by atoms with van der Waals surface area (Å²) in [5, 5.41) is 9.58. The fraction of sp³-hybridized carbons (Fsp3) is 0.690. The number of nitrogens with zero attached hydrogens (tertiary/aromatic N) is 1. The summed E-state index contributed by atoms with van der Waals surface area (Å²) in [5.41, 5.74) is 0. The highest BCUT2D eigenvalue weighted by Gasteiger charge is 2.31. The Hall–Kier alpha value is -2.97. The van der Waals surface area contributed by atoms with Gasteiger partial charge in [0, 0.05) is 19.3 Å². The number of aliphatic carboxylic acids is 1. The number of hydrogen-bond donors (Lipinski definition) is 1. The first-order valence-corrected chi connectivity index (χ1v) is 19.3. The molecule has 286 valence electrons. The van der Waals surface area contributed by atoms with E-state index in [-0.39, 0.29) is 42.7 Å². The first kappa shape index (κ1) is 47.0. The number of carbonyl (C=O) groups is 3. The van der Waals surface area contributed by atoms with Crippen LogP contribution in [0.1, 0.15) is 136 Å². The quantitative estimate of drug-likeness (QED) is 0.0315. The van der Waals surface area contributed by atoms with Crippen molar-refractivity contribution in [3.63, 3.8) is 0 Å². The second-order valence-corrected chi connectivity index (χ2v) is 13.8. The Kier molecular flexibility index (Phi) is 31.2. The summed E-state index contributed by atoms with van der Waals surface area (Å²) in [4.78, 5) is 36.8. The molecule has 0 heterocycles. The molecular weight excluding hydrogens is 630 g/mol. The first-order valence-electron chi connectivity index (χ1n) is 19.3. The highest BCUT2D eigenvalue weighted by atomic mass is 16.6. The molecule has 0 amide bonds. The van der Waals surface area contributed by atoms with Gasteiger partial charge in [0.15, 0.2) is 12.1 Å². The molecule has 0 rings (SSSR count). The average Bonchev–Trinajstić information content (AvgIpc) is 3.06. The van der Waals surface area contributed by atoms with Crippen molar-refractivity contribution in [2.24, 2.45) is 0 Å². The normalized spacial score (nSPS) is 13.7. The molecule has 0 fully saturated rings. The number of hydrogen-bond acceptors (Lipinski definition) is 6. The van der Waals surface area contributed by atoms with Gasteiger partial charge in [-0.25, -0.2) is 4.79 Å². The Morgan fingerprint density at radius 1 is 0.620 bits per heavy atom. The molecule has 1 N–H and O–H groups in total. The van der Waals surface area contributed by atoms with Crippen LogP contribution in [0, 0.1) is 0 Å².